The Hall–Kier alpha value is -0.420. The van der Waals surface area contributed by atoms with Gasteiger partial charge in [0, 0.05) is 6.54 Å². The van der Waals surface area contributed by atoms with Crippen LogP contribution in [0.1, 0.15) is 25.7 Å². The lowest BCUT2D eigenvalue weighted by Crippen LogP contribution is -2.17. The molecule has 3 rings (SSSR count). The number of hydrogen-bond acceptors (Lipinski definition) is 4. The van der Waals surface area contributed by atoms with E-state index in [2.05, 4.69) is 15.5 Å². The van der Waals surface area contributed by atoms with Crippen molar-refractivity contribution in [2.24, 2.45) is 11.3 Å². The third kappa shape index (κ3) is 1.59. The van der Waals surface area contributed by atoms with Gasteiger partial charge in [-0.2, -0.15) is 0 Å². The van der Waals surface area contributed by atoms with Crippen LogP contribution in [0.25, 0.3) is 0 Å². The molecule has 0 saturated heterocycles. The molecule has 5 heteroatoms. The normalized spacial score (nSPS) is 23.4. The van der Waals surface area contributed by atoms with Crippen molar-refractivity contribution >= 4 is 28.7 Å². The minimum Gasteiger partial charge on any atom is -0.360 e. The van der Waals surface area contributed by atoms with E-state index < -0.39 is 0 Å². The molecule has 0 aromatic carbocycles. The maximum atomic E-state index is 4.98. The Morgan fingerprint density at radius 3 is 2.86 bits per heavy atom. The molecule has 3 nitrogen and oxygen atoms in total. The molecule has 2 fully saturated rings. The van der Waals surface area contributed by atoms with Crippen LogP contribution >= 0.6 is 23.6 Å². The fraction of sp³-hybridized carbons (Fsp3) is 0.778. The second kappa shape index (κ2) is 3.03. The van der Waals surface area contributed by atoms with Gasteiger partial charge in [-0.05, 0) is 49.2 Å². The molecule has 76 valence electrons. The summed E-state index contributed by atoms with van der Waals surface area (Å²) in [6.07, 6.45) is 5.69. The van der Waals surface area contributed by atoms with E-state index in [1.807, 2.05) is 0 Å². The highest BCUT2D eigenvalue weighted by molar-refractivity contribution is 7.73. The molecule has 2 saturated carbocycles. The Labute approximate surface area is 91.9 Å². The van der Waals surface area contributed by atoms with E-state index in [0.717, 1.165) is 21.5 Å². The highest BCUT2D eigenvalue weighted by Gasteiger charge is 2.53. The fourth-order valence-corrected chi connectivity index (χ4v) is 2.93. The summed E-state index contributed by atoms with van der Waals surface area (Å²) in [6.45, 7) is 1.09. The molecule has 14 heavy (non-hydrogen) atoms. The van der Waals surface area contributed by atoms with Gasteiger partial charge >= 0.3 is 0 Å². The van der Waals surface area contributed by atoms with Crippen LogP contribution in [0, 0.1) is 15.3 Å². The third-order valence-corrected chi connectivity index (χ3v) is 4.41. The van der Waals surface area contributed by atoms with Crippen molar-refractivity contribution in [2.45, 2.75) is 25.7 Å². The van der Waals surface area contributed by atoms with E-state index in [1.165, 1.54) is 37.0 Å². The summed E-state index contributed by atoms with van der Waals surface area (Å²) in [4.78, 5) is 0. The van der Waals surface area contributed by atoms with Gasteiger partial charge in [0.1, 0.15) is 0 Å². The van der Waals surface area contributed by atoms with Crippen LogP contribution in [0.5, 0.6) is 0 Å². The van der Waals surface area contributed by atoms with E-state index >= 15 is 0 Å². The number of nitrogens with one attached hydrogen (secondary N) is 2. The number of nitrogens with zero attached hydrogens (tertiary/aromatic N) is 1. The molecule has 1 heterocycles. The quantitative estimate of drug-likeness (QED) is 0.777. The number of aromatic amines is 1. The van der Waals surface area contributed by atoms with Crippen molar-refractivity contribution in [3.05, 3.63) is 3.95 Å². The molecule has 0 unspecified atom stereocenters. The zero-order valence-corrected chi connectivity index (χ0v) is 9.51. The second-order valence-electron chi connectivity index (χ2n) is 4.41. The van der Waals surface area contributed by atoms with Crippen molar-refractivity contribution in [3.63, 3.8) is 0 Å². The van der Waals surface area contributed by atoms with Crippen LogP contribution in [-0.2, 0) is 0 Å². The van der Waals surface area contributed by atoms with E-state index in [4.69, 9.17) is 12.2 Å². The first-order valence-corrected chi connectivity index (χ1v) is 6.30. The molecule has 1 aromatic rings. The van der Waals surface area contributed by atoms with E-state index in [9.17, 15) is 0 Å². The molecule has 0 amide bonds. The molecule has 2 aliphatic rings. The average molecular weight is 227 g/mol. The van der Waals surface area contributed by atoms with Crippen molar-refractivity contribution in [2.75, 3.05) is 11.9 Å². The lowest BCUT2D eigenvalue weighted by molar-refractivity contribution is 0.466. The number of H-pyrrole nitrogens is 1. The van der Waals surface area contributed by atoms with Gasteiger partial charge in [0.15, 0.2) is 3.95 Å². The summed E-state index contributed by atoms with van der Waals surface area (Å²) in [5, 5.41) is 11.2. The molecule has 2 N–H and O–H groups in total. The summed E-state index contributed by atoms with van der Waals surface area (Å²) in [5.41, 5.74) is 0.632. The predicted octanol–water partition coefficient (Wildman–Crippen LogP) is 2.80. The molecule has 1 aromatic heterocycles. The van der Waals surface area contributed by atoms with Crippen LogP contribution in [-0.4, -0.2) is 16.7 Å². The Morgan fingerprint density at radius 1 is 1.57 bits per heavy atom. The molecule has 0 aliphatic heterocycles. The standard InChI is InChI=1S/C9H13N3S2/c13-8-12-11-7(14-8)10-5-9(3-4-9)6-1-2-6/h6H,1-5H2,(H,10,11)(H,12,13). The SMILES string of the molecule is S=c1[nH]nc(NCC2(C3CC3)CC2)s1. The van der Waals surface area contributed by atoms with Crippen molar-refractivity contribution < 1.29 is 0 Å². The van der Waals surface area contributed by atoms with Gasteiger partial charge in [0.2, 0.25) is 5.13 Å². The molecule has 2 aliphatic carbocycles. The third-order valence-electron chi connectivity index (χ3n) is 3.37. The van der Waals surface area contributed by atoms with Crippen LogP contribution in [0.4, 0.5) is 5.13 Å². The van der Waals surface area contributed by atoms with Gasteiger partial charge in [-0.15, -0.1) is 5.10 Å². The minimum atomic E-state index is 0.632. The van der Waals surface area contributed by atoms with Gasteiger partial charge in [-0.3, -0.25) is 5.10 Å². The first-order valence-electron chi connectivity index (χ1n) is 5.08. The molecule has 0 atom stereocenters. The number of rotatable bonds is 4. The topological polar surface area (TPSA) is 40.7 Å². The molecular weight excluding hydrogens is 214 g/mol. The average Bonchev–Trinajstić information content (AvgIpc) is 3.03. The largest absolute Gasteiger partial charge is 0.360 e. The lowest BCUT2D eigenvalue weighted by Gasteiger charge is -2.13. The Morgan fingerprint density at radius 2 is 2.36 bits per heavy atom. The summed E-state index contributed by atoms with van der Waals surface area (Å²) < 4.78 is 0.753. The van der Waals surface area contributed by atoms with Crippen molar-refractivity contribution in [3.8, 4) is 0 Å². The number of aromatic nitrogens is 2. The summed E-state index contributed by atoms with van der Waals surface area (Å²) >= 11 is 6.51. The lowest BCUT2D eigenvalue weighted by atomic mass is 10.0. The summed E-state index contributed by atoms with van der Waals surface area (Å²) in [7, 11) is 0. The number of anilines is 1. The van der Waals surface area contributed by atoms with Crippen molar-refractivity contribution in [1.29, 1.82) is 0 Å². The van der Waals surface area contributed by atoms with Crippen LogP contribution in [0.3, 0.4) is 0 Å². The van der Waals surface area contributed by atoms with E-state index in [1.54, 1.807) is 0 Å². The van der Waals surface area contributed by atoms with Crippen LogP contribution in [0.2, 0.25) is 0 Å². The maximum absolute atomic E-state index is 4.98. The first-order chi connectivity index (χ1) is 6.78. The van der Waals surface area contributed by atoms with Gasteiger partial charge in [0.25, 0.3) is 0 Å². The van der Waals surface area contributed by atoms with Crippen LogP contribution in [0.15, 0.2) is 0 Å². The molecule has 0 bridgehead atoms. The van der Waals surface area contributed by atoms with E-state index in [-0.39, 0.29) is 0 Å². The number of hydrogen-bond donors (Lipinski definition) is 2. The zero-order valence-electron chi connectivity index (χ0n) is 7.88. The minimum absolute atomic E-state index is 0.632. The first kappa shape index (κ1) is 8.85. The van der Waals surface area contributed by atoms with Gasteiger partial charge in [-0.25, -0.2) is 0 Å². The smallest absolute Gasteiger partial charge is 0.204 e. The maximum Gasteiger partial charge on any atom is 0.204 e. The highest BCUT2D eigenvalue weighted by atomic mass is 32.1. The summed E-state index contributed by atoms with van der Waals surface area (Å²) in [5.74, 6) is 1.00. The van der Waals surface area contributed by atoms with Gasteiger partial charge in [0.05, 0.1) is 0 Å². The van der Waals surface area contributed by atoms with Crippen LogP contribution < -0.4 is 5.32 Å². The molecule has 0 spiro atoms. The summed E-state index contributed by atoms with van der Waals surface area (Å²) in [6, 6.07) is 0. The Kier molecular flexibility index (Phi) is 1.92. The second-order valence-corrected chi connectivity index (χ2v) is 6.07. The van der Waals surface area contributed by atoms with E-state index in [0.29, 0.717) is 5.41 Å². The Balaban J connectivity index is 1.61. The monoisotopic (exact) mass is 227 g/mol. The fourth-order valence-electron chi connectivity index (χ4n) is 2.14. The van der Waals surface area contributed by atoms with Crippen molar-refractivity contribution in [1.82, 2.24) is 10.2 Å². The Bertz CT molecular complexity index is 387. The highest BCUT2D eigenvalue weighted by Crippen LogP contribution is 2.61. The molecule has 0 radical (unpaired) electrons. The zero-order chi connectivity index (χ0) is 9.60. The van der Waals surface area contributed by atoms with Gasteiger partial charge in [-0.1, -0.05) is 11.3 Å². The predicted molar refractivity (Wildman–Crippen MR) is 60.2 cm³/mol. The molecular formula is C9H13N3S2. The van der Waals surface area contributed by atoms with Gasteiger partial charge < -0.3 is 5.32 Å².